The average molecular weight is 206 g/mol. The summed E-state index contributed by atoms with van der Waals surface area (Å²) in [6, 6.07) is 7.69. The lowest BCUT2D eigenvalue weighted by molar-refractivity contribution is 0.0785. The molecule has 0 aromatic heterocycles. The minimum absolute atomic E-state index is 0.769. The van der Waals surface area contributed by atoms with Crippen LogP contribution in [-0.2, 0) is 5.60 Å². The molecule has 1 N–H and O–H groups in total. The number of hydrogen-bond acceptors (Lipinski definition) is 2. The van der Waals surface area contributed by atoms with E-state index in [0.29, 0.717) is 0 Å². The van der Waals surface area contributed by atoms with E-state index in [1.54, 1.807) is 13.8 Å². The molecule has 0 atom stereocenters. The molecule has 0 bridgehead atoms. The Labute approximate surface area is 90.9 Å². The molecule has 0 saturated heterocycles. The zero-order valence-electron chi connectivity index (χ0n) is 9.36. The molecule has 1 aromatic carbocycles. The van der Waals surface area contributed by atoms with Crippen LogP contribution in [0, 0.1) is 5.92 Å². The highest BCUT2D eigenvalue weighted by molar-refractivity contribution is 5.30. The van der Waals surface area contributed by atoms with Crippen LogP contribution in [-0.4, -0.2) is 11.7 Å². The monoisotopic (exact) mass is 206 g/mol. The molecule has 2 rings (SSSR count). The van der Waals surface area contributed by atoms with E-state index in [9.17, 15) is 5.11 Å². The minimum atomic E-state index is -0.769. The predicted octanol–water partition coefficient (Wildman–Crippen LogP) is 2.70. The molecule has 2 nitrogen and oxygen atoms in total. The molecule has 2 heteroatoms. The van der Waals surface area contributed by atoms with Crippen molar-refractivity contribution in [1.82, 2.24) is 0 Å². The van der Waals surface area contributed by atoms with Crippen LogP contribution < -0.4 is 4.74 Å². The van der Waals surface area contributed by atoms with Crippen LogP contribution in [0.5, 0.6) is 5.75 Å². The largest absolute Gasteiger partial charge is 0.493 e. The average Bonchev–Trinajstić information content (AvgIpc) is 2.97. The van der Waals surface area contributed by atoms with E-state index in [1.807, 2.05) is 24.3 Å². The summed E-state index contributed by atoms with van der Waals surface area (Å²) in [5, 5.41) is 9.77. The van der Waals surface area contributed by atoms with Crippen molar-refractivity contribution in [3.63, 3.8) is 0 Å². The minimum Gasteiger partial charge on any atom is -0.493 e. The van der Waals surface area contributed by atoms with E-state index < -0.39 is 5.60 Å². The Morgan fingerprint density at radius 3 is 2.33 bits per heavy atom. The molecular formula is C13H18O2. The second kappa shape index (κ2) is 3.86. The highest BCUT2D eigenvalue weighted by atomic mass is 16.5. The van der Waals surface area contributed by atoms with Gasteiger partial charge in [-0.05, 0) is 50.3 Å². The van der Waals surface area contributed by atoms with Crippen molar-refractivity contribution in [2.45, 2.75) is 32.3 Å². The lowest BCUT2D eigenvalue weighted by Crippen LogP contribution is -2.15. The van der Waals surface area contributed by atoms with Gasteiger partial charge in [0.1, 0.15) is 5.75 Å². The SMILES string of the molecule is CC(C)(O)c1ccc(OCC2CC2)cc1. The summed E-state index contributed by atoms with van der Waals surface area (Å²) in [6.45, 7) is 4.40. The van der Waals surface area contributed by atoms with Crippen molar-refractivity contribution in [1.29, 1.82) is 0 Å². The quantitative estimate of drug-likeness (QED) is 0.820. The molecule has 0 radical (unpaired) electrons. The lowest BCUT2D eigenvalue weighted by Gasteiger charge is -2.17. The molecule has 0 unspecified atom stereocenters. The Morgan fingerprint density at radius 2 is 1.87 bits per heavy atom. The van der Waals surface area contributed by atoms with Gasteiger partial charge in [-0.1, -0.05) is 12.1 Å². The maximum Gasteiger partial charge on any atom is 0.119 e. The van der Waals surface area contributed by atoms with E-state index in [2.05, 4.69) is 0 Å². The first kappa shape index (κ1) is 10.5. The molecule has 0 spiro atoms. The first-order valence-electron chi connectivity index (χ1n) is 5.51. The zero-order chi connectivity index (χ0) is 10.9. The van der Waals surface area contributed by atoms with Crippen LogP contribution in [0.25, 0.3) is 0 Å². The number of aliphatic hydroxyl groups is 1. The van der Waals surface area contributed by atoms with Gasteiger partial charge >= 0.3 is 0 Å². The summed E-state index contributed by atoms with van der Waals surface area (Å²) in [4.78, 5) is 0. The van der Waals surface area contributed by atoms with Crippen LogP contribution in [0.15, 0.2) is 24.3 Å². The van der Waals surface area contributed by atoms with Gasteiger partial charge < -0.3 is 9.84 Å². The fraction of sp³-hybridized carbons (Fsp3) is 0.538. The first-order chi connectivity index (χ1) is 7.05. The Bertz CT molecular complexity index is 317. The summed E-state index contributed by atoms with van der Waals surface area (Å²) in [5.74, 6) is 1.67. The maximum atomic E-state index is 9.77. The standard InChI is InChI=1S/C13H18O2/c1-13(2,14)11-5-7-12(8-6-11)15-9-10-3-4-10/h5-8,10,14H,3-4,9H2,1-2H3. The Kier molecular flexibility index (Phi) is 2.70. The molecule has 1 fully saturated rings. The van der Waals surface area contributed by atoms with E-state index in [-0.39, 0.29) is 0 Å². The van der Waals surface area contributed by atoms with Crippen molar-refractivity contribution < 1.29 is 9.84 Å². The van der Waals surface area contributed by atoms with Crippen molar-refractivity contribution >= 4 is 0 Å². The third-order valence-electron chi connectivity index (χ3n) is 2.74. The second-order valence-electron chi connectivity index (χ2n) is 4.84. The molecule has 1 saturated carbocycles. The Balaban J connectivity index is 1.96. The molecule has 15 heavy (non-hydrogen) atoms. The zero-order valence-corrected chi connectivity index (χ0v) is 9.36. The van der Waals surface area contributed by atoms with Gasteiger partial charge in [0.2, 0.25) is 0 Å². The normalized spacial score (nSPS) is 16.5. The first-order valence-corrected chi connectivity index (χ1v) is 5.51. The molecule has 1 aliphatic rings. The van der Waals surface area contributed by atoms with Gasteiger partial charge in [0.15, 0.2) is 0 Å². The fourth-order valence-corrected chi connectivity index (χ4v) is 1.46. The lowest BCUT2D eigenvalue weighted by atomic mass is 9.99. The van der Waals surface area contributed by atoms with Crippen molar-refractivity contribution in [3.8, 4) is 5.75 Å². The van der Waals surface area contributed by atoms with Gasteiger partial charge in [0, 0.05) is 0 Å². The van der Waals surface area contributed by atoms with Gasteiger partial charge in [0.25, 0.3) is 0 Å². The van der Waals surface area contributed by atoms with Crippen molar-refractivity contribution in [3.05, 3.63) is 29.8 Å². The van der Waals surface area contributed by atoms with Gasteiger partial charge in [-0.25, -0.2) is 0 Å². The van der Waals surface area contributed by atoms with E-state index in [0.717, 1.165) is 23.8 Å². The molecule has 0 amide bonds. The maximum absolute atomic E-state index is 9.77. The predicted molar refractivity (Wildman–Crippen MR) is 59.9 cm³/mol. The van der Waals surface area contributed by atoms with E-state index >= 15 is 0 Å². The van der Waals surface area contributed by atoms with Crippen molar-refractivity contribution in [2.75, 3.05) is 6.61 Å². The van der Waals surface area contributed by atoms with Crippen LogP contribution >= 0.6 is 0 Å². The topological polar surface area (TPSA) is 29.5 Å². The highest BCUT2D eigenvalue weighted by Crippen LogP contribution is 2.30. The molecule has 0 heterocycles. The number of hydrogen-bond donors (Lipinski definition) is 1. The van der Waals surface area contributed by atoms with Gasteiger partial charge in [-0.15, -0.1) is 0 Å². The molecular weight excluding hydrogens is 188 g/mol. The van der Waals surface area contributed by atoms with E-state index in [1.165, 1.54) is 12.8 Å². The molecule has 1 aromatic rings. The van der Waals surface area contributed by atoms with Crippen LogP contribution in [0.4, 0.5) is 0 Å². The summed E-state index contributed by atoms with van der Waals surface area (Å²) >= 11 is 0. The summed E-state index contributed by atoms with van der Waals surface area (Å²) in [6.07, 6.45) is 2.61. The van der Waals surface area contributed by atoms with Gasteiger partial charge in [-0.2, -0.15) is 0 Å². The fourth-order valence-electron chi connectivity index (χ4n) is 1.46. The highest BCUT2D eigenvalue weighted by Gasteiger charge is 2.22. The van der Waals surface area contributed by atoms with Crippen LogP contribution in [0.3, 0.4) is 0 Å². The molecule has 1 aliphatic carbocycles. The number of rotatable bonds is 4. The Morgan fingerprint density at radius 1 is 1.27 bits per heavy atom. The third kappa shape index (κ3) is 2.96. The number of benzene rings is 1. The third-order valence-corrected chi connectivity index (χ3v) is 2.74. The molecule has 82 valence electrons. The van der Waals surface area contributed by atoms with Gasteiger partial charge in [0.05, 0.1) is 12.2 Å². The van der Waals surface area contributed by atoms with Crippen LogP contribution in [0.2, 0.25) is 0 Å². The summed E-state index contributed by atoms with van der Waals surface area (Å²) < 4.78 is 5.62. The van der Waals surface area contributed by atoms with Crippen molar-refractivity contribution in [2.24, 2.45) is 5.92 Å². The van der Waals surface area contributed by atoms with E-state index in [4.69, 9.17) is 4.74 Å². The van der Waals surface area contributed by atoms with Crippen LogP contribution in [0.1, 0.15) is 32.3 Å². The van der Waals surface area contributed by atoms with Gasteiger partial charge in [-0.3, -0.25) is 0 Å². The molecule has 0 aliphatic heterocycles. The second-order valence-corrected chi connectivity index (χ2v) is 4.84. The Hall–Kier alpha value is -1.02. The smallest absolute Gasteiger partial charge is 0.119 e. The summed E-state index contributed by atoms with van der Waals surface area (Å²) in [7, 11) is 0. The summed E-state index contributed by atoms with van der Waals surface area (Å²) in [5.41, 5.74) is 0.149. The number of ether oxygens (including phenoxy) is 1.